The highest BCUT2D eigenvalue weighted by Crippen LogP contribution is 2.45. The Morgan fingerprint density at radius 2 is 1.58 bits per heavy atom. The fraction of sp³-hybridized carbons (Fsp3) is 0.154. The predicted molar refractivity (Wildman–Crippen MR) is 127 cm³/mol. The van der Waals surface area contributed by atoms with Gasteiger partial charge < -0.3 is 14.6 Å². The molecule has 7 heteroatoms. The van der Waals surface area contributed by atoms with E-state index >= 15 is 0 Å². The van der Waals surface area contributed by atoms with Crippen molar-refractivity contribution < 1.29 is 24.2 Å². The molecule has 33 heavy (non-hydrogen) atoms. The molecule has 0 aromatic heterocycles. The van der Waals surface area contributed by atoms with Crippen molar-refractivity contribution in [3.8, 4) is 11.5 Å². The molecular formula is C26H22ClNO5. The van der Waals surface area contributed by atoms with Crippen molar-refractivity contribution in [3.63, 3.8) is 0 Å². The van der Waals surface area contributed by atoms with E-state index < -0.39 is 17.7 Å². The second kappa shape index (κ2) is 9.00. The molecule has 1 atom stereocenters. The average molecular weight is 464 g/mol. The molecule has 1 N–H and O–H groups in total. The summed E-state index contributed by atoms with van der Waals surface area (Å²) in [6.45, 7) is 1.89. The highest BCUT2D eigenvalue weighted by molar-refractivity contribution is 6.51. The lowest BCUT2D eigenvalue weighted by molar-refractivity contribution is -0.132. The van der Waals surface area contributed by atoms with Crippen LogP contribution in [0.25, 0.3) is 5.76 Å². The number of carbonyl (C=O) groups is 2. The number of rotatable bonds is 5. The van der Waals surface area contributed by atoms with E-state index in [1.54, 1.807) is 24.3 Å². The molecule has 6 nitrogen and oxygen atoms in total. The smallest absolute Gasteiger partial charge is 0.300 e. The van der Waals surface area contributed by atoms with Gasteiger partial charge in [-0.3, -0.25) is 14.5 Å². The molecule has 1 aliphatic rings. The van der Waals surface area contributed by atoms with Gasteiger partial charge in [0.2, 0.25) is 0 Å². The lowest BCUT2D eigenvalue weighted by atomic mass is 9.92. The van der Waals surface area contributed by atoms with Crippen molar-refractivity contribution in [2.24, 2.45) is 0 Å². The number of methoxy groups -OCH3 is 2. The first kappa shape index (κ1) is 22.4. The zero-order valence-corrected chi connectivity index (χ0v) is 19.1. The van der Waals surface area contributed by atoms with Crippen LogP contribution in [-0.2, 0) is 9.59 Å². The van der Waals surface area contributed by atoms with Crippen molar-refractivity contribution in [1.29, 1.82) is 0 Å². The third-order valence-electron chi connectivity index (χ3n) is 5.69. The van der Waals surface area contributed by atoms with Gasteiger partial charge in [0.1, 0.15) is 17.3 Å². The molecule has 1 heterocycles. The van der Waals surface area contributed by atoms with Gasteiger partial charge in [-0.25, -0.2) is 0 Å². The van der Waals surface area contributed by atoms with E-state index in [9.17, 15) is 14.7 Å². The van der Waals surface area contributed by atoms with Crippen LogP contribution in [-0.4, -0.2) is 31.0 Å². The summed E-state index contributed by atoms with van der Waals surface area (Å²) in [7, 11) is 2.89. The van der Waals surface area contributed by atoms with Gasteiger partial charge in [0.25, 0.3) is 11.7 Å². The minimum atomic E-state index is -0.834. The van der Waals surface area contributed by atoms with Gasteiger partial charge in [-0.15, -0.1) is 0 Å². The summed E-state index contributed by atoms with van der Waals surface area (Å²) in [5, 5.41) is 11.6. The fourth-order valence-corrected chi connectivity index (χ4v) is 4.31. The molecule has 1 saturated heterocycles. The van der Waals surface area contributed by atoms with E-state index in [0.717, 1.165) is 11.1 Å². The molecule has 0 spiro atoms. The minimum Gasteiger partial charge on any atom is -0.507 e. The molecular weight excluding hydrogens is 442 g/mol. The van der Waals surface area contributed by atoms with Gasteiger partial charge in [0.15, 0.2) is 0 Å². The average Bonchev–Trinajstić information content (AvgIpc) is 3.09. The summed E-state index contributed by atoms with van der Waals surface area (Å²) in [5.74, 6) is -1.29. The number of hydrogen-bond acceptors (Lipinski definition) is 5. The summed E-state index contributed by atoms with van der Waals surface area (Å²) in [6.07, 6.45) is 0. The quantitative estimate of drug-likeness (QED) is 0.316. The molecule has 3 aromatic rings. The first-order valence-corrected chi connectivity index (χ1v) is 10.6. The number of amides is 1. The van der Waals surface area contributed by atoms with Crippen LogP contribution < -0.4 is 14.4 Å². The van der Waals surface area contributed by atoms with E-state index in [-0.39, 0.29) is 27.7 Å². The van der Waals surface area contributed by atoms with E-state index in [2.05, 4.69) is 0 Å². The third kappa shape index (κ3) is 3.83. The Balaban J connectivity index is 2.01. The van der Waals surface area contributed by atoms with Gasteiger partial charge in [-0.2, -0.15) is 0 Å². The molecule has 3 aromatic carbocycles. The third-order valence-corrected chi connectivity index (χ3v) is 5.99. The SMILES string of the molecule is COc1cc(OC)c(/C(O)=C2\C(=O)C(=O)N(c3ccccc3)C2c2ccccc2C)cc1Cl. The molecule has 1 aliphatic heterocycles. The van der Waals surface area contributed by atoms with Crippen LogP contribution in [0.4, 0.5) is 5.69 Å². The number of anilines is 1. The highest BCUT2D eigenvalue weighted by Gasteiger charge is 2.47. The van der Waals surface area contributed by atoms with Crippen molar-refractivity contribution in [3.05, 3.63) is 94.0 Å². The number of benzene rings is 3. The van der Waals surface area contributed by atoms with Gasteiger partial charge in [0, 0.05) is 11.8 Å². The van der Waals surface area contributed by atoms with Crippen molar-refractivity contribution in [1.82, 2.24) is 0 Å². The number of ether oxygens (including phenoxy) is 2. The van der Waals surface area contributed by atoms with Crippen LogP contribution in [0.2, 0.25) is 5.02 Å². The number of ketones is 1. The first-order chi connectivity index (χ1) is 15.9. The van der Waals surface area contributed by atoms with Crippen molar-refractivity contribution in [2.75, 3.05) is 19.1 Å². The van der Waals surface area contributed by atoms with Crippen LogP contribution in [0.15, 0.2) is 72.3 Å². The maximum atomic E-state index is 13.3. The number of aliphatic hydroxyl groups excluding tert-OH is 1. The molecule has 168 valence electrons. The Labute approximate surface area is 196 Å². The maximum Gasteiger partial charge on any atom is 0.300 e. The number of nitrogens with zero attached hydrogens (tertiary/aromatic N) is 1. The minimum absolute atomic E-state index is 0.0438. The van der Waals surface area contributed by atoms with E-state index in [1.165, 1.54) is 31.3 Å². The van der Waals surface area contributed by atoms with E-state index in [1.807, 2.05) is 37.3 Å². The number of para-hydroxylation sites is 1. The second-order valence-electron chi connectivity index (χ2n) is 7.55. The number of aryl methyl sites for hydroxylation is 1. The zero-order valence-electron chi connectivity index (χ0n) is 18.3. The zero-order chi connectivity index (χ0) is 23.7. The molecule has 1 fully saturated rings. The van der Waals surface area contributed by atoms with Gasteiger partial charge in [-0.1, -0.05) is 54.1 Å². The molecule has 1 unspecified atom stereocenters. The molecule has 0 bridgehead atoms. The van der Waals surface area contributed by atoms with Gasteiger partial charge in [0.05, 0.1) is 36.4 Å². The van der Waals surface area contributed by atoms with Crippen LogP contribution in [0.3, 0.4) is 0 Å². The lowest BCUT2D eigenvalue weighted by Gasteiger charge is -2.26. The number of halogens is 1. The lowest BCUT2D eigenvalue weighted by Crippen LogP contribution is -2.29. The number of aliphatic hydroxyl groups is 1. The Morgan fingerprint density at radius 1 is 0.939 bits per heavy atom. The van der Waals surface area contributed by atoms with Crippen LogP contribution in [0.5, 0.6) is 11.5 Å². The maximum absolute atomic E-state index is 13.3. The fourth-order valence-electron chi connectivity index (χ4n) is 4.07. The molecule has 0 saturated carbocycles. The summed E-state index contributed by atoms with van der Waals surface area (Å²) in [6, 6.07) is 18.5. The van der Waals surface area contributed by atoms with E-state index in [4.69, 9.17) is 21.1 Å². The highest BCUT2D eigenvalue weighted by atomic mass is 35.5. The number of hydrogen-bond donors (Lipinski definition) is 1. The Bertz CT molecular complexity index is 1270. The van der Waals surface area contributed by atoms with Gasteiger partial charge in [-0.05, 0) is 36.2 Å². The number of Topliss-reactive ketones (excluding diaryl/α,β-unsaturated/α-hetero) is 1. The first-order valence-electron chi connectivity index (χ1n) is 10.2. The summed E-state index contributed by atoms with van der Waals surface area (Å²) in [5.41, 5.74) is 2.29. The van der Waals surface area contributed by atoms with Gasteiger partial charge >= 0.3 is 0 Å². The molecule has 0 radical (unpaired) electrons. The monoisotopic (exact) mass is 463 g/mol. The molecule has 4 rings (SSSR count). The second-order valence-corrected chi connectivity index (χ2v) is 7.96. The van der Waals surface area contributed by atoms with Crippen LogP contribution >= 0.6 is 11.6 Å². The normalized spacial score (nSPS) is 17.3. The summed E-state index contributed by atoms with van der Waals surface area (Å²) < 4.78 is 10.6. The van der Waals surface area contributed by atoms with E-state index in [0.29, 0.717) is 11.4 Å². The summed E-state index contributed by atoms with van der Waals surface area (Å²) in [4.78, 5) is 27.9. The Morgan fingerprint density at radius 3 is 2.21 bits per heavy atom. The Kier molecular flexibility index (Phi) is 6.11. The molecule has 0 aliphatic carbocycles. The number of carbonyl (C=O) groups excluding carboxylic acids is 2. The van der Waals surface area contributed by atoms with Crippen molar-refractivity contribution >= 4 is 34.7 Å². The summed E-state index contributed by atoms with van der Waals surface area (Å²) >= 11 is 6.30. The largest absolute Gasteiger partial charge is 0.507 e. The molecule has 1 amide bonds. The van der Waals surface area contributed by atoms with Crippen LogP contribution in [0.1, 0.15) is 22.7 Å². The standard InChI is InChI=1S/C26H22ClNO5/c1-15-9-7-8-12-17(15)23-22(25(30)26(31)28(23)16-10-5-4-6-11-16)24(29)18-13-19(27)21(33-3)14-20(18)32-2/h4-14,23,29H,1-3H3/b24-22+. The predicted octanol–water partition coefficient (Wildman–Crippen LogP) is 5.29. The van der Waals surface area contributed by atoms with Crippen LogP contribution in [0, 0.1) is 6.92 Å². The van der Waals surface area contributed by atoms with Crippen molar-refractivity contribution in [2.45, 2.75) is 13.0 Å². The Hall–Kier alpha value is -3.77. The topological polar surface area (TPSA) is 76.1 Å².